The Bertz CT molecular complexity index is 189. The van der Waals surface area contributed by atoms with Gasteiger partial charge in [0, 0.05) is 0 Å². The lowest BCUT2D eigenvalue weighted by atomic mass is 9.89. The van der Waals surface area contributed by atoms with Crippen molar-refractivity contribution in [1.82, 2.24) is 0 Å². The second kappa shape index (κ2) is 7.70. The lowest BCUT2D eigenvalue weighted by Crippen LogP contribution is -2.25. The van der Waals surface area contributed by atoms with E-state index in [1.807, 2.05) is 0 Å². The first kappa shape index (κ1) is 13.5. The van der Waals surface area contributed by atoms with Crippen LogP contribution in [0.1, 0.15) is 71.6 Å². The number of hydrogen-bond acceptors (Lipinski definition) is 2. The predicted octanol–water partition coefficient (Wildman–Crippen LogP) is 4.08. The monoisotopic (exact) mass is 226 g/mol. The SMILES string of the molecule is CCCC(CCC)OC(=O)C1CCCCC1. The van der Waals surface area contributed by atoms with Gasteiger partial charge < -0.3 is 4.74 Å². The maximum absolute atomic E-state index is 11.9. The third-order valence-electron chi connectivity index (χ3n) is 3.44. The molecule has 0 amide bonds. The molecule has 0 bridgehead atoms. The Balaban J connectivity index is 2.33. The molecule has 0 aromatic heterocycles. The van der Waals surface area contributed by atoms with E-state index in [1.165, 1.54) is 19.3 Å². The van der Waals surface area contributed by atoms with Gasteiger partial charge in [0.1, 0.15) is 6.10 Å². The Morgan fingerprint density at radius 2 is 1.69 bits per heavy atom. The summed E-state index contributed by atoms with van der Waals surface area (Å²) in [5, 5.41) is 0. The minimum Gasteiger partial charge on any atom is -0.462 e. The molecule has 0 aromatic carbocycles. The summed E-state index contributed by atoms with van der Waals surface area (Å²) in [5.74, 6) is 0.275. The standard InChI is InChI=1S/C14H26O2/c1-3-8-13(9-4-2)16-14(15)12-10-6-5-7-11-12/h12-13H,3-11H2,1-2H3. The Labute approximate surface area is 99.8 Å². The molecule has 1 saturated carbocycles. The molecule has 0 atom stereocenters. The largest absolute Gasteiger partial charge is 0.462 e. The van der Waals surface area contributed by atoms with Gasteiger partial charge in [-0.1, -0.05) is 46.0 Å². The molecule has 1 aliphatic rings. The first-order valence-corrected chi connectivity index (χ1v) is 6.98. The zero-order valence-corrected chi connectivity index (χ0v) is 10.8. The number of ether oxygens (including phenoxy) is 1. The third kappa shape index (κ3) is 4.54. The normalized spacial score (nSPS) is 17.7. The summed E-state index contributed by atoms with van der Waals surface area (Å²) in [7, 11) is 0. The first-order chi connectivity index (χ1) is 7.77. The number of carbonyl (C=O) groups is 1. The quantitative estimate of drug-likeness (QED) is 0.638. The van der Waals surface area contributed by atoms with Crippen LogP contribution in [0.4, 0.5) is 0 Å². The average molecular weight is 226 g/mol. The van der Waals surface area contributed by atoms with Crippen molar-refractivity contribution >= 4 is 5.97 Å². The molecule has 0 aliphatic heterocycles. The molecule has 0 radical (unpaired) electrons. The summed E-state index contributed by atoms with van der Waals surface area (Å²) in [6.45, 7) is 4.30. The van der Waals surface area contributed by atoms with Crippen LogP contribution >= 0.6 is 0 Å². The number of hydrogen-bond donors (Lipinski definition) is 0. The van der Waals surface area contributed by atoms with Crippen molar-refractivity contribution < 1.29 is 9.53 Å². The van der Waals surface area contributed by atoms with Gasteiger partial charge in [-0.05, 0) is 25.7 Å². The number of esters is 1. The average Bonchev–Trinajstić information content (AvgIpc) is 2.31. The maximum atomic E-state index is 11.9. The molecule has 94 valence electrons. The molecule has 0 heterocycles. The fourth-order valence-corrected chi connectivity index (χ4v) is 2.50. The van der Waals surface area contributed by atoms with E-state index in [0.29, 0.717) is 0 Å². The maximum Gasteiger partial charge on any atom is 0.309 e. The molecule has 1 aliphatic carbocycles. The van der Waals surface area contributed by atoms with Gasteiger partial charge in [0.25, 0.3) is 0 Å². The van der Waals surface area contributed by atoms with E-state index in [4.69, 9.17) is 4.74 Å². The van der Waals surface area contributed by atoms with Crippen molar-refractivity contribution in [1.29, 1.82) is 0 Å². The fraction of sp³-hybridized carbons (Fsp3) is 0.929. The van der Waals surface area contributed by atoms with E-state index in [1.54, 1.807) is 0 Å². The molecule has 2 heteroatoms. The van der Waals surface area contributed by atoms with Crippen molar-refractivity contribution in [2.75, 3.05) is 0 Å². The van der Waals surface area contributed by atoms with Gasteiger partial charge in [-0.15, -0.1) is 0 Å². The van der Waals surface area contributed by atoms with Gasteiger partial charge >= 0.3 is 5.97 Å². The highest BCUT2D eigenvalue weighted by molar-refractivity contribution is 5.72. The lowest BCUT2D eigenvalue weighted by Gasteiger charge is -2.23. The first-order valence-electron chi connectivity index (χ1n) is 6.98. The fourth-order valence-electron chi connectivity index (χ4n) is 2.50. The van der Waals surface area contributed by atoms with Crippen LogP contribution in [0.3, 0.4) is 0 Å². The van der Waals surface area contributed by atoms with Crippen LogP contribution in [0, 0.1) is 5.92 Å². The second-order valence-electron chi connectivity index (χ2n) is 4.97. The van der Waals surface area contributed by atoms with Gasteiger partial charge in [-0.25, -0.2) is 0 Å². The van der Waals surface area contributed by atoms with Gasteiger partial charge in [-0.3, -0.25) is 4.79 Å². The van der Waals surface area contributed by atoms with Crippen LogP contribution in [0.2, 0.25) is 0 Å². The van der Waals surface area contributed by atoms with Crippen molar-refractivity contribution in [2.24, 2.45) is 5.92 Å². The van der Waals surface area contributed by atoms with E-state index in [0.717, 1.165) is 38.5 Å². The Morgan fingerprint density at radius 1 is 1.12 bits per heavy atom. The summed E-state index contributed by atoms with van der Waals surface area (Å²) in [4.78, 5) is 11.9. The molecule has 1 fully saturated rings. The minimum absolute atomic E-state index is 0.0756. The minimum atomic E-state index is 0.0756. The van der Waals surface area contributed by atoms with Crippen molar-refractivity contribution in [3.8, 4) is 0 Å². The summed E-state index contributed by atoms with van der Waals surface area (Å²) >= 11 is 0. The molecule has 0 aromatic rings. The van der Waals surface area contributed by atoms with Crippen LogP contribution in [0.25, 0.3) is 0 Å². The molecule has 2 nitrogen and oxygen atoms in total. The Morgan fingerprint density at radius 3 is 2.19 bits per heavy atom. The van der Waals surface area contributed by atoms with E-state index in [9.17, 15) is 4.79 Å². The highest BCUT2D eigenvalue weighted by Gasteiger charge is 2.24. The molecule has 0 unspecified atom stereocenters. The lowest BCUT2D eigenvalue weighted by molar-refractivity contribution is -0.155. The molecule has 1 rings (SSSR count). The topological polar surface area (TPSA) is 26.3 Å². The summed E-state index contributed by atoms with van der Waals surface area (Å²) in [6.07, 6.45) is 10.2. The summed E-state index contributed by atoms with van der Waals surface area (Å²) in [5.41, 5.74) is 0. The Kier molecular flexibility index (Phi) is 6.51. The predicted molar refractivity (Wildman–Crippen MR) is 66.3 cm³/mol. The molecule has 0 spiro atoms. The third-order valence-corrected chi connectivity index (χ3v) is 3.44. The molecular weight excluding hydrogens is 200 g/mol. The number of rotatable bonds is 6. The molecular formula is C14H26O2. The van der Waals surface area contributed by atoms with Gasteiger partial charge in [0.15, 0.2) is 0 Å². The Hall–Kier alpha value is -0.530. The zero-order chi connectivity index (χ0) is 11.8. The van der Waals surface area contributed by atoms with E-state index in [-0.39, 0.29) is 18.0 Å². The molecule has 16 heavy (non-hydrogen) atoms. The van der Waals surface area contributed by atoms with Crippen LogP contribution in [0.15, 0.2) is 0 Å². The van der Waals surface area contributed by atoms with Gasteiger partial charge in [0.2, 0.25) is 0 Å². The van der Waals surface area contributed by atoms with Gasteiger partial charge in [-0.2, -0.15) is 0 Å². The smallest absolute Gasteiger partial charge is 0.309 e. The second-order valence-corrected chi connectivity index (χ2v) is 4.97. The van der Waals surface area contributed by atoms with E-state index in [2.05, 4.69) is 13.8 Å². The highest BCUT2D eigenvalue weighted by atomic mass is 16.5. The molecule has 0 N–H and O–H groups in total. The summed E-state index contributed by atoms with van der Waals surface area (Å²) in [6, 6.07) is 0. The van der Waals surface area contributed by atoms with Crippen molar-refractivity contribution in [2.45, 2.75) is 77.7 Å². The van der Waals surface area contributed by atoms with Crippen LogP contribution < -0.4 is 0 Å². The highest BCUT2D eigenvalue weighted by Crippen LogP contribution is 2.25. The zero-order valence-electron chi connectivity index (χ0n) is 10.8. The van der Waals surface area contributed by atoms with Gasteiger partial charge in [0.05, 0.1) is 5.92 Å². The summed E-state index contributed by atoms with van der Waals surface area (Å²) < 4.78 is 5.63. The van der Waals surface area contributed by atoms with E-state index >= 15 is 0 Å². The van der Waals surface area contributed by atoms with E-state index < -0.39 is 0 Å². The van der Waals surface area contributed by atoms with Crippen LogP contribution in [-0.2, 0) is 9.53 Å². The van der Waals surface area contributed by atoms with Crippen molar-refractivity contribution in [3.63, 3.8) is 0 Å². The molecule has 0 saturated heterocycles. The van der Waals surface area contributed by atoms with Crippen LogP contribution in [-0.4, -0.2) is 12.1 Å². The van der Waals surface area contributed by atoms with Crippen molar-refractivity contribution in [3.05, 3.63) is 0 Å². The number of carbonyl (C=O) groups excluding carboxylic acids is 1. The van der Waals surface area contributed by atoms with Crippen LogP contribution in [0.5, 0.6) is 0 Å².